The molecule has 1 fully saturated rings. The van der Waals surface area contributed by atoms with Crippen LogP contribution in [0.3, 0.4) is 0 Å². The third-order valence-electron chi connectivity index (χ3n) is 4.37. The highest BCUT2D eigenvalue weighted by atomic mass is 35.5. The molecule has 3 rings (SSSR count). The molecule has 2 unspecified atom stereocenters. The monoisotopic (exact) mass is 332 g/mol. The van der Waals surface area contributed by atoms with Crippen molar-refractivity contribution in [2.24, 2.45) is 5.92 Å². The number of aromatic nitrogens is 1. The van der Waals surface area contributed by atoms with Crippen molar-refractivity contribution in [1.82, 2.24) is 9.88 Å². The van der Waals surface area contributed by atoms with Gasteiger partial charge in [-0.1, -0.05) is 23.7 Å². The van der Waals surface area contributed by atoms with E-state index in [-0.39, 0.29) is 18.5 Å². The summed E-state index contributed by atoms with van der Waals surface area (Å²) in [5.74, 6) is -1.59. The molecule has 0 bridgehead atoms. The molecule has 1 aliphatic rings. The van der Waals surface area contributed by atoms with Gasteiger partial charge in [0.2, 0.25) is 0 Å². The third-order valence-corrected chi connectivity index (χ3v) is 4.60. The van der Waals surface area contributed by atoms with Gasteiger partial charge in [0.15, 0.2) is 0 Å². The van der Waals surface area contributed by atoms with Crippen LogP contribution in [0.15, 0.2) is 30.3 Å². The van der Waals surface area contributed by atoms with Crippen LogP contribution in [0, 0.1) is 5.92 Å². The number of benzene rings is 1. The van der Waals surface area contributed by atoms with E-state index in [9.17, 15) is 14.7 Å². The number of nitrogens with zero attached hydrogens (tertiary/aromatic N) is 2. The normalized spacial score (nSPS) is 21.4. The Bertz CT molecular complexity index is 778. The van der Waals surface area contributed by atoms with Gasteiger partial charge in [0.25, 0.3) is 5.91 Å². The van der Waals surface area contributed by atoms with Crippen LogP contribution < -0.4 is 0 Å². The molecular formula is C17H17ClN2O3. The second-order valence-corrected chi connectivity index (χ2v) is 6.39. The van der Waals surface area contributed by atoms with Crippen LogP contribution in [0.25, 0.3) is 10.9 Å². The molecule has 2 atom stereocenters. The number of fused-ring (bicyclic) bond motifs is 1. The van der Waals surface area contributed by atoms with E-state index in [1.165, 1.54) is 0 Å². The molecular weight excluding hydrogens is 316 g/mol. The van der Waals surface area contributed by atoms with Crippen molar-refractivity contribution in [3.63, 3.8) is 0 Å². The maximum Gasteiger partial charge on any atom is 0.308 e. The number of rotatable bonds is 2. The number of carboxylic acid groups (broad SMARTS) is 1. The van der Waals surface area contributed by atoms with Gasteiger partial charge in [0.05, 0.1) is 11.4 Å². The first-order chi connectivity index (χ1) is 11.0. The largest absolute Gasteiger partial charge is 0.481 e. The van der Waals surface area contributed by atoms with Gasteiger partial charge in [0.1, 0.15) is 5.69 Å². The standard InChI is InChI=1S/C17H17ClN2O3/c1-10-2-3-12(17(22)23)9-20(10)16(21)14-7-5-11-4-6-13(18)8-15(11)19-14/h4-8,10,12H,2-3,9H2,1H3,(H,22,23). The van der Waals surface area contributed by atoms with Crippen LogP contribution in [0.4, 0.5) is 0 Å². The first-order valence-corrected chi connectivity index (χ1v) is 7.93. The summed E-state index contributed by atoms with van der Waals surface area (Å²) >= 11 is 5.98. The highest BCUT2D eigenvalue weighted by molar-refractivity contribution is 6.31. The minimum atomic E-state index is -0.854. The fraction of sp³-hybridized carbons (Fsp3) is 0.353. The predicted molar refractivity (Wildman–Crippen MR) is 87.6 cm³/mol. The van der Waals surface area contributed by atoms with Gasteiger partial charge in [-0.3, -0.25) is 9.59 Å². The maximum absolute atomic E-state index is 12.7. The molecule has 1 aliphatic heterocycles. The lowest BCUT2D eigenvalue weighted by Gasteiger charge is -2.36. The number of hydrogen-bond donors (Lipinski definition) is 1. The molecule has 23 heavy (non-hydrogen) atoms. The van der Waals surface area contributed by atoms with E-state index in [2.05, 4.69) is 4.98 Å². The fourth-order valence-electron chi connectivity index (χ4n) is 2.95. The van der Waals surface area contributed by atoms with Gasteiger partial charge in [-0.25, -0.2) is 4.98 Å². The number of likely N-dealkylation sites (tertiary alicyclic amines) is 1. The Labute approximate surface area is 138 Å². The van der Waals surface area contributed by atoms with Gasteiger partial charge in [-0.05, 0) is 38.0 Å². The summed E-state index contributed by atoms with van der Waals surface area (Å²) in [4.78, 5) is 30.0. The maximum atomic E-state index is 12.7. The molecule has 1 aromatic carbocycles. The first kappa shape index (κ1) is 15.7. The van der Waals surface area contributed by atoms with Gasteiger partial charge in [-0.15, -0.1) is 0 Å². The van der Waals surface area contributed by atoms with Crippen molar-refractivity contribution >= 4 is 34.4 Å². The van der Waals surface area contributed by atoms with Gasteiger partial charge < -0.3 is 10.0 Å². The molecule has 1 amide bonds. The zero-order valence-corrected chi connectivity index (χ0v) is 13.5. The lowest BCUT2D eigenvalue weighted by atomic mass is 9.93. The van der Waals surface area contributed by atoms with E-state index in [0.29, 0.717) is 29.1 Å². The smallest absolute Gasteiger partial charge is 0.308 e. The molecule has 6 heteroatoms. The van der Waals surface area contributed by atoms with E-state index < -0.39 is 11.9 Å². The zero-order chi connectivity index (χ0) is 16.6. The summed E-state index contributed by atoms with van der Waals surface area (Å²) in [6.45, 7) is 2.17. The molecule has 1 aromatic heterocycles. The quantitative estimate of drug-likeness (QED) is 0.916. The number of halogens is 1. The van der Waals surface area contributed by atoms with Crippen LogP contribution in [0.2, 0.25) is 5.02 Å². The first-order valence-electron chi connectivity index (χ1n) is 7.56. The second-order valence-electron chi connectivity index (χ2n) is 5.95. The van der Waals surface area contributed by atoms with Crippen molar-refractivity contribution < 1.29 is 14.7 Å². The number of piperidine rings is 1. The Kier molecular flexibility index (Phi) is 4.22. The van der Waals surface area contributed by atoms with Crippen molar-refractivity contribution in [2.45, 2.75) is 25.8 Å². The van der Waals surface area contributed by atoms with Crippen LogP contribution in [-0.2, 0) is 4.79 Å². The number of hydrogen-bond acceptors (Lipinski definition) is 3. The highest BCUT2D eigenvalue weighted by Crippen LogP contribution is 2.24. The number of aliphatic carboxylic acids is 1. The lowest BCUT2D eigenvalue weighted by molar-refractivity contribution is -0.143. The average Bonchev–Trinajstić information content (AvgIpc) is 2.53. The third kappa shape index (κ3) is 3.15. The predicted octanol–water partition coefficient (Wildman–Crippen LogP) is 3.21. The lowest BCUT2D eigenvalue weighted by Crippen LogP contribution is -2.47. The summed E-state index contributed by atoms with van der Waals surface area (Å²) in [6.07, 6.45) is 1.28. The van der Waals surface area contributed by atoms with Gasteiger partial charge >= 0.3 is 5.97 Å². The molecule has 120 valence electrons. The number of carboxylic acids is 1. The van der Waals surface area contributed by atoms with E-state index in [1.54, 1.807) is 23.1 Å². The van der Waals surface area contributed by atoms with Crippen molar-refractivity contribution in [3.05, 3.63) is 41.0 Å². The number of amides is 1. The Morgan fingerprint density at radius 3 is 2.74 bits per heavy atom. The van der Waals surface area contributed by atoms with Crippen molar-refractivity contribution in [3.8, 4) is 0 Å². The SMILES string of the molecule is CC1CCC(C(=O)O)CN1C(=O)c1ccc2ccc(Cl)cc2n1. The zero-order valence-electron chi connectivity index (χ0n) is 12.7. The average molecular weight is 333 g/mol. The summed E-state index contributed by atoms with van der Waals surface area (Å²) in [5, 5.41) is 10.7. The highest BCUT2D eigenvalue weighted by Gasteiger charge is 2.33. The van der Waals surface area contributed by atoms with Gasteiger partial charge in [-0.2, -0.15) is 0 Å². The Morgan fingerprint density at radius 2 is 2.00 bits per heavy atom. The molecule has 2 aromatic rings. The Morgan fingerprint density at radius 1 is 1.26 bits per heavy atom. The molecule has 0 saturated carbocycles. The van der Waals surface area contributed by atoms with E-state index in [0.717, 1.165) is 5.39 Å². The topological polar surface area (TPSA) is 70.5 Å². The summed E-state index contributed by atoms with van der Waals surface area (Å²) in [7, 11) is 0. The minimum absolute atomic E-state index is 0.00922. The fourth-order valence-corrected chi connectivity index (χ4v) is 3.11. The van der Waals surface area contributed by atoms with Crippen LogP contribution in [0.1, 0.15) is 30.3 Å². The minimum Gasteiger partial charge on any atom is -0.481 e. The van der Waals surface area contributed by atoms with E-state index >= 15 is 0 Å². The van der Waals surface area contributed by atoms with Crippen LogP contribution >= 0.6 is 11.6 Å². The van der Waals surface area contributed by atoms with Gasteiger partial charge in [0, 0.05) is 23.0 Å². The van der Waals surface area contributed by atoms with Crippen LogP contribution in [-0.4, -0.2) is 39.5 Å². The number of carbonyl (C=O) groups excluding carboxylic acids is 1. The molecule has 2 heterocycles. The summed E-state index contributed by atoms with van der Waals surface area (Å²) in [5.41, 5.74) is 0.973. The van der Waals surface area contributed by atoms with E-state index in [1.807, 2.05) is 19.1 Å². The summed E-state index contributed by atoms with van der Waals surface area (Å²) in [6, 6.07) is 8.85. The molecule has 5 nitrogen and oxygen atoms in total. The molecule has 1 saturated heterocycles. The Balaban J connectivity index is 1.90. The Hall–Kier alpha value is -2.14. The molecule has 1 N–H and O–H groups in total. The summed E-state index contributed by atoms with van der Waals surface area (Å²) < 4.78 is 0. The van der Waals surface area contributed by atoms with E-state index in [4.69, 9.17) is 11.6 Å². The molecule has 0 spiro atoms. The number of pyridine rings is 1. The molecule has 0 radical (unpaired) electrons. The molecule has 0 aliphatic carbocycles. The van der Waals surface area contributed by atoms with Crippen LogP contribution in [0.5, 0.6) is 0 Å². The second kappa shape index (κ2) is 6.16. The van der Waals surface area contributed by atoms with Crippen molar-refractivity contribution in [1.29, 1.82) is 0 Å². The number of carbonyl (C=O) groups is 2. The van der Waals surface area contributed by atoms with Crippen molar-refractivity contribution in [2.75, 3.05) is 6.54 Å².